The number of benzene rings is 7. The predicted octanol–water partition coefficient (Wildman–Crippen LogP) is 11.2. The summed E-state index contributed by atoms with van der Waals surface area (Å²) in [4.78, 5) is 0. The highest BCUT2D eigenvalue weighted by Crippen LogP contribution is 2.53. The van der Waals surface area contributed by atoms with Crippen LogP contribution in [0.1, 0.15) is 42.3 Å². The molecule has 0 saturated heterocycles. The third kappa shape index (κ3) is 5.87. The molecule has 0 bridgehead atoms. The van der Waals surface area contributed by atoms with Crippen LogP contribution in [0.3, 0.4) is 0 Å². The fourth-order valence-electron chi connectivity index (χ4n) is 7.51. The lowest BCUT2D eigenvalue weighted by molar-refractivity contribution is 0.661. The summed E-state index contributed by atoms with van der Waals surface area (Å²) < 4.78 is 0. The molecule has 8 rings (SSSR count). The molecule has 0 aliphatic heterocycles. The van der Waals surface area contributed by atoms with Crippen molar-refractivity contribution in [1.82, 2.24) is 5.32 Å². The molecule has 0 amide bonds. The van der Waals surface area contributed by atoms with Gasteiger partial charge in [0.2, 0.25) is 0 Å². The smallest absolute Gasteiger partial charge is 0.101 e. The first-order valence-corrected chi connectivity index (χ1v) is 17.4. The molecule has 0 fully saturated rings. The summed E-state index contributed by atoms with van der Waals surface area (Å²) in [6.45, 7) is 5.32. The number of para-hydroxylation sites is 1. The second kappa shape index (κ2) is 13.2. The topological polar surface area (TPSA) is 50.1 Å². The van der Waals surface area contributed by atoms with Gasteiger partial charge in [0.15, 0.2) is 0 Å². The Morgan fingerprint density at radius 2 is 1.24 bits per heavy atom. The van der Waals surface area contributed by atoms with Gasteiger partial charge in [-0.2, -0.15) is 0 Å². The Kier molecular flexibility index (Phi) is 8.28. The monoisotopic (exact) mass is 647 g/mol. The first-order valence-electron chi connectivity index (χ1n) is 17.4. The minimum atomic E-state index is -0.371. The molecule has 7 aromatic rings. The number of rotatable bonds is 9. The van der Waals surface area contributed by atoms with E-state index < -0.39 is 0 Å². The third-order valence-electron chi connectivity index (χ3n) is 10.1. The summed E-state index contributed by atoms with van der Waals surface area (Å²) in [6, 6.07) is 58.3. The molecule has 244 valence electrons. The Labute approximate surface area is 295 Å². The molecule has 0 spiro atoms. The van der Waals surface area contributed by atoms with Gasteiger partial charge in [0, 0.05) is 28.9 Å². The van der Waals surface area contributed by atoms with Crippen LogP contribution in [0.5, 0.6) is 0 Å². The molecule has 3 nitrogen and oxygen atoms in total. The molecule has 7 aromatic carbocycles. The lowest BCUT2D eigenvalue weighted by Crippen LogP contribution is -2.27. The van der Waals surface area contributed by atoms with Crippen molar-refractivity contribution in [3.05, 3.63) is 192 Å². The Hall–Kier alpha value is -5.90. The van der Waals surface area contributed by atoms with E-state index in [1.807, 2.05) is 18.2 Å². The molecule has 0 aromatic heterocycles. The number of anilines is 1. The van der Waals surface area contributed by atoms with E-state index in [9.17, 15) is 0 Å². The summed E-state index contributed by atoms with van der Waals surface area (Å²) >= 11 is 0. The second-order valence-corrected chi connectivity index (χ2v) is 13.6. The van der Waals surface area contributed by atoms with Crippen LogP contribution in [0.4, 0.5) is 5.69 Å². The van der Waals surface area contributed by atoms with E-state index >= 15 is 0 Å². The van der Waals surface area contributed by atoms with Gasteiger partial charge in [0.1, 0.15) is 6.17 Å². The summed E-state index contributed by atoms with van der Waals surface area (Å²) in [5.41, 5.74) is 21.1. The minimum absolute atomic E-state index is 0.0981. The van der Waals surface area contributed by atoms with Crippen LogP contribution in [-0.4, -0.2) is 6.54 Å². The van der Waals surface area contributed by atoms with Crippen LogP contribution < -0.4 is 16.4 Å². The SMILES string of the molecule is CC1(C)c2cc3ccccc3cc2-c2c(-c3cccc(/C(=C/CNc4ccccc4-c4ccccc4)NC(N)c4ccccc4)c3)cccc21. The van der Waals surface area contributed by atoms with Crippen LogP contribution in [0.2, 0.25) is 0 Å². The van der Waals surface area contributed by atoms with Gasteiger partial charge in [-0.25, -0.2) is 0 Å². The van der Waals surface area contributed by atoms with E-state index in [-0.39, 0.29) is 11.6 Å². The fourth-order valence-corrected chi connectivity index (χ4v) is 7.51. The first kappa shape index (κ1) is 31.4. The molecular weight excluding hydrogens is 607 g/mol. The minimum Gasteiger partial charge on any atom is -0.381 e. The Bertz CT molecular complexity index is 2340. The lowest BCUT2D eigenvalue weighted by Gasteiger charge is -2.22. The average molecular weight is 648 g/mol. The van der Waals surface area contributed by atoms with Gasteiger partial charge >= 0.3 is 0 Å². The Balaban J connectivity index is 1.18. The maximum atomic E-state index is 6.80. The maximum Gasteiger partial charge on any atom is 0.101 e. The van der Waals surface area contributed by atoms with Crippen molar-refractivity contribution in [2.75, 3.05) is 11.9 Å². The Morgan fingerprint density at radius 3 is 2.04 bits per heavy atom. The van der Waals surface area contributed by atoms with Crippen molar-refractivity contribution >= 4 is 22.2 Å². The summed E-state index contributed by atoms with van der Waals surface area (Å²) in [7, 11) is 0. The number of nitrogens with two attached hydrogens (primary N) is 1. The molecule has 0 heterocycles. The van der Waals surface area contributed by atoms with Crippen LogP contribution in [0, 0.1) is 0 Å². The molecule has 1 unspecified atom stereocenters. The van der Waals surface area contributed by atoms with Gasteiger partial charge in [-0.15, -0.1) is 0 Å². The highest BCUT2D eigenvalue weighted by Gasteiger charge is 2.37. The van der Waals surface area contributed by atoms with E-state index in [1.54, 1.807) is 0 Å². The summed E-state index contributed by atoms with van der Waals surface area (Å²) in [5.74, 6) is 0. The highest BCUT2D eigenvalue weighted by atomic mass is 15.0. The van der Waals surface area contributed by atoms with Gasteiger partial charge in [-0.1, -0.05) is 153 Å². The zero-order valence-electron chi connectivity index (χ0n) is 28.5. The third-order valence-corrected chi connectivity index (χ3v) is 10.1. The van der Waals surface area contributed by atoms with Gasteiger partial charge in [-0.05, 0) is 91.2 Å². The standard InChI is InChI=1S/C47H41N3/c1-47(2)41-25-14-24-39(45(41)40-30-34-19-9-10-20-35(34)31-42(40)47)36-21-13-22-37(29-36)43(50-46(48)33-17-7-4-8-18-33)27-28-49-44-26-12-11-23-38(44)32-15-5-3-6-16-32/h3-27,29-31,46,49-50H,28,48H2,1-2H3/b43-27-. The van der Waals surface area contributed by atoms with E-state index in [4.69, 9.17) is 5.73 Å². The van der Waals surface area contributed by atoms with Crippen molar-refractivity contribution in [2.24, 2.45) is 5.73 Å². The first-order chi connectivity index (χ1) is 24.5. The quantitative estimate of drug-likeness (QED) is 0.137. The van der Waals surface area contributed by atoms with Gasteiger partial charge in [-0.3, -0.25) is 0 Å². The van der Waals surface area contributed by atoms with Crippen LogP contribution in [0.15, 0.2) is 170 Å². The molecule has 0 saturated carbocycles. The van der Waals surface area contributed by atoms with E-state index in [2.05, 4.69) is 176 Å². The number of fused-ring (bicyclic) bond motifs is 4. The normalized spacial score (nSPS) is 13.8. The summed E-state index contributed by atoms with van der Waals surface area (Å²) in [5, 5.41) is 9.89. The van der Waals surface area contributed by atoms with Crippen molar-refractivity contribution in [1.29, 1.82) is 0 Å². The average Bonchev–Trinajstić information content (AvgIpc) is 3.39. The lowest BCUT2D eigenvalue weighted by atomic mass is 9.81. The molecule has 1 aliphatic carbocycles. The van der Waals surface area contributed by atoms with Crippen LogP contribution in [-0.2, 0) is 5.41 Å². The van der Waals surface area contributed by atoms with Gasteiger partial charge in [0.05, 0.1) is 0 Å². The largest absolute Gasteiger partial charge is 0.381 e. The second-order valence-electron chi connectivity index (χ2n) is 13.6. The molecule has 0 radical (unpaired) electrons. The van der Waals surface area contributed by atoms with Crippen molar-refractivity contribution < 1.29 is 0 Å². The Morgan fingerprint density at radius 1 is 0.600 bits per heavy atom. The van der Waals surface area contributed by atoms with Crippen molar-refractivity contribution in [3.8, 4) is 33.4 Å². The van der Waals surface area contributed by atoms with Crippen LogP contribution in [0.25, 0.3) is 49.9 Å². The number of hydrogen-bond acceptors (Lipinski definition) is 3. The zero-order valence-corrected chi connectivity index (χ0v) is 28.5. The number of hydrogen-bond donors (Lipinski definition) is 3. The number of nitrogens with one attached hydrogen (secondary N) is 2. The van der Waals surface area contributed by atoms with E-state index in [0.29, 0.717) is 6.54 Å². The molecular formula is C47H41N3. The fraction of sp³-hybridized carbons (Fsp3) is 0.106. The predicted molar refractivity (Wildman–Crippen MR) is 212 cm³/mol. The molecule has 3 heteroatoms. The van der Waals surface area contributed by atoms with E-state index in [1.165, 1.54) is 55.3 Å². The van der Waals surface area contributed by atoms with Gasteiger partial charge < -0.3 is 16.4 Å². The highest BCUT2D eigenvalue weighted by molar-refractivity contribution is 5.98. The zero-order chi connectivity index (χ0) is 34.1. The van der Waals surface area contributed by atoms with Gasteiger partial charge in [0.25, 0.3) is 0 Å². The molecule has 4 N–H and O–H groups in total. The maximum absolute atomic E-state index is 6.80. The van der Waals surface area contributed by atoms with Crippen LogP contribution >= 0.6 is 0 Å². The van der Waals surface area contributed by atoms with Crippen molar-refractivity contribution in [2.45, 2.75) is 25.4 Å². The molecule has 50 heavy (non-hydrogen) atoms. The molecule has 1 aliphatic rings. The summed E-state index contributed by atoms with van der Waals surface area (Å²) in [6.07, 6.45) is 1.84. The molecule has 1 atom stereocenters. The van der Waals surface area contributed by atoms with E-state index in [0.717, 1.165) is 22.5 Å². The van der Waals surface area contributed by atoms with Crippen molar-refractivity contribution in [3.63, 3.8) is 0 Å².